The lowest BCUT2D eigenvalue weighted by Gasteiger charge is -2.29. The number of amides is 1. The van der Waals surface area contributed by atoms with Crippen molar-refractivity contribution in [3.8, 4) is 0 Å². The van der Waals surface area contributed by atoms with Crippen LogP contribution in [0, 0.1) is 0 Å². The average molecular weight is 476 g/mol. The molecular formula is C21H31Cl2N3O5. The van der Waals surface area contributed by atoms with Crippen LogP contribution >= 0.6 is 23.2 Å². The first-order valence-corrected chi connectivity index (χ1v) is 11.3. The Morgan fingerprint density at radius 2 is 1.68 bits per heavy atom. The average Bonchev–Trinajstić information content (AvgIpc) is 2.73. The molecule has 0 unspecified atom stereocenters. The highest BCUT2D eigenvalue weighted by Gasteiger charge is 2.30. The molecule has 174 valence electrons. The first kappa shape index (κ1) is 27.0. The Bertz CT molecular complexity index is 725. The van der Waals surface area contributed by atoms with Crippen molar-refractivity contribution in [3.05, 3.63) is 29.8 Å². The van der Waals surface area contributed by atoms with Gasteiger partial charge in [0.25, 0.3) is 0 Å². The van der Waals surface area contributed by atoms with Crippen molar-refractivity contribution in [1.29, 1.82) is 0 Å². The van der Waals surface area contributed by atoms with E-state index in [1.54, 1.807) is 11.0 Å². The first-order chi connectivity index (χ1) is 14.8. The second-order valence-electron chi connectivity index (χ2n) is 6.97. The van der Waals surface area contributed by atoms with Crippen LogP contribution in [0.2, 0.25) is 0 Å². The third-order valence-electron chi connectivity index (χ3n) is 4.96. The minimum atomic E-state index is -1.19. The molecule has 0 aliphatic rings. The predicted octanol–water partition coefficient (Wildman–Crippen LogP) is 2.27. The number of carbonyl (C=O) groups is 3. The molecule has 0 aliphatic carbocycles. The second-order valence-corrected chi connectivity index (χ2v) is 7.73. The Balaban J connectivity index is 3.02. The lowest BCUT2D eigenvalue weighted by Crippen LogP contribution is -2.53. The lowest BCUT2D eigenvalue weighted by molar-refractivity contribution is -0.144. The molecular weight excluding hydrogens is 445 g/mol. The van der Waals surface area contributed by atoms with E-state index in [0.717, 1.165) is 11.3 Å². The number of hydrogen-bond donors (Lipinski definition) is 3. The van der Waals surface area contributed by atoms with Gasteiger partial charge in [0.2, 0.25) is 5.91 Å². The normalized spacial score (nSPS) is 12.9. The maximum atomic E-state index is 12.8. The number of aliphatic carboxylic acids is 2. The van der Waals surface area contributed by atoms with Crippen molar-refractivity contribution in [2.24, 2.45) is 0 Å². The number of anilines is 1. The van der Waals surface area contributed by atoms with Crippen LogP contribution in [0.3, 0.4) is 0 Å². The van der Waals surface area contributed by atoms with Crippen LogP contribution in [-0.4, -0.2) is 83.0 Å². The third-order valence-corrected chi connectivity index (χ3v) is 5.30. The number of hydrogen-bond acceptors (Lipinski definition) is 5. The van der Waals surface area contributed by atoms with Crippen molar-refractivity contribution >= 4 is 46.7 Å². The molecule has 0 spiro atoms. The van der Waals surface area contributed by atoms with Gasteiger partial charge in [0.1, 0.15) is 6.04 Å². The molecule has 2 atom stereocenters. The number of alkyl halides is 2. The molecule has 1 aromatic carbocycles. The number of nitrogens with zero attached hydrogens (tertiary/aromatic N) is 2. The van der Waals surface area contributed by atoms with E-state index >= 15 is 0 Å². The van der Waals surface area contributed by atoms with Crippen molar-refractivity contribution in [1.82, 2.24) is 10.2 Å². The fourth-order valence-electron chi connectivity index (χ4n) is 3.38. The van der Waals surface area contributed by atoms with Crippen LogP contribution in [0.5, 0.6) is 0 Å². The van der Waals surface area contributed by atoms with Gasteiger partial charge in [-0.25, -0.2) is 4.79 Å². The number of carbonyl (C=O) groups excluding carboxylic acids is 1. The van der Waals surface area contributed by atoms with E-state index in [2.05, 4.69) is 5.32 Å². The van der Waals surface area contributed by atoms with E-state index in [9.17, 15) is 24.6 Å². The Labute approximate surface area is 193 Å². The zero-order valence-corrected chi connectivity index (χ0v) is 19.4. The van der Waals surface area contributed by atoms with Crippen molar-refractivity contribution in [2.75, 3.05) is 42.8 Å². The van der Waals surface area contributed by atoms with Gasteiger partial charge in [-0.05, 0) is 30.8 Å². The number of nitrogens with one attached hydrogen (secondary N) is 1. The van der Waals surface area contributed by atoms with Gasteiger partial charge in [-0.1, -0.05) is 26.0 Å². The summed E-state index contributed by atoms with van der Waals surface area (Å²) in [4.78, 5) is 39.5. The summed E-state index contributed by atoms with van der Waals surface area (Å²) in [6.45, 7) is 5.77. The van der Waals surface area contributed by atoms with Crippen LogP contribution in [0.4, 0.5) is 5.69 Å². The number of carboxylic acid groups (broad SMARTS) is 2. The van der Waals surface area contributed by atoms with Crippen LogP contribution in [0.1, 0.15) is 25.8 Å². The highest BCUT2D eigenvalue weighted by Crippen LogP contribution is 2.18. The highest BCUT2D eigenvalue weighted by molar-refractivity contribution is 6.18. The smallest absolute Gasteiger partial charge is 0.326 e. The van der Waals surface area contributed by atoms with Gasteiger partial charge in [-0.2, -0.15) is 0 Å². The molecule has 8 nitrogen and oxygen atoms in total. The van der Waals surface area contributed by atoms with E-state index in [4.69, 9.17) is 23.2 Å². The first-order valence-electron chi connectivity index (χ1n) is 10.2. The van der Waals surface area contributed by atoms with E-state index in [0.29, 0.717) is 37.9 Å². The Morgan fingerprint density at radius 3 is 2.16 bits per heavy atom. The molecule has 0 radical (unpaired) electrons. The molecule has 1 rings (SSSR count). The monoisotopic (exact) mass is 475 g/mol. The highest BCUT2D eigenvalue weighted by atomic mass is 35.5. The summed E-state index contributed by atoms with van der Waals surface area (Å²) < 4.78 is 0. The maximum absolute atomic E-state index is 12.8. The number of rotatable bonds is 15. The Hall–Kier alpha value is -2.03. The largest absolute Gasteiger partial charge is 0.481 e. The maximum Gasteiger partial charge on any atom is 0.326 e. The van der Waals surface area contributed by atoms with E-state index in [1.807, 2.05) is 36.9 Å². The Morgan fingerprint density at radius 1 is 1.06 bits per heavy atom. The van der Waals surface area contributed by atoms with Gasteiger partial charge < -0.3 is 20.4 Å². The predicted molar refractivity (Wildman–Crippen MR) is 122 cm³/mol. The molecule has 31 heavy (non-hydrogen) atoms. The lowest BCUT2D eigenvalue weighted by atomic mass is 10.0. The van der Waals surface area contributed by atoms with Gasteiger partial charge >= 0.3 is 11.9 Å². The van der Waals surface area contributed by atoms with Crippen LogP contribution < -0.4 is 10.2 Å². The van der Waals surface area contributed by atoms with Gasteiger partial charge in [-0.3, -0.25) is 14.5 Å². The van der Waals surface area contributed by atoms with Crippen LogP contribution in [0.15, 0.2) is 24.3 Å². The number of carboxylic acids is 2. The molecule has 1 aromatic rings. The fraction of sp³-hybridized carbons (Fsp3) is 0.571. The third kappa shape index (κ3) is 8.93. The molecule has 0 heterocycles. The summed E-state index contributed by atoms with van der Waals surface area (Å²) in [6, 6.07) is 5.20. The number of halogens is 2. The molecule has 0 saturated carbocycles. The molecule has 0 aromatic heterocycles. The van der Waals surface area contributed by atoms with Crippen LogP contribution in [0.25, 0.3) is 0 Å². The summed E-state index contributed by atoms with van der Waals surface area (Å²) >= 11 is 11.7. The quantitative estimate of drug-likeness (QED) is 0.333. The molecule has 0 aliphatic heterocycles. The zero-order chi connectivity index (χ0) is 23.4. The molecule has 0 fully saturated rings. The van der Waals surface area contributed by atoms with Crippen molar-refractivity contribution in [3.63, 3.8) is 0 Å². The standard InChI is InChI=1S/C21H31Cl2N3O5/c1-3-25(4-2)18(14-19(27)28)20(29)24-17(21(30)31)13-15-6-5-7-16(12-15)26(10-8-22)11-9-23/h5-7,12,17-18H,3-4,8-11,13-14H2,1-2H3,(H,24,29)(H,27,28)(H,30,31)/t17-,18-/m0/s1. The topological polar surface area (TPSA) is 110 Å². The van der Waals surface area contributed by atoms with Gasteiger partial charge in [0, 0.05) is 37.0 Å². The minimum Gasteiger partial charge on any atom is -0.481 e. The summed E-state index contributed by atoms with van der Waals surface area (Å²) in [5, 5.41) is 21.4. The van der Waals surface area contributed by atoms with E-state index in [-0.39, 0.29) is 6.42 Å². The van der Waals surface area contributed by atoms with Gasteiger partial charge in [0.05, 0.1) is 12.5 Å². The van der Waals surface area contributed by atoms with Crippen LogP contribution in [-0.2, 0) is 20.8 Å². The van der Waals surface area contributed by atoms with E-state index in [1.165, 1.54) is 0 Å². The zero-order valence-electron chi connectivity index (χ0n) is 17.9. The fourth-order valence-corrected chi connectivity index (χ4v) is 3.78. The molecule has 3 N–H and O–H groups in total. The number of benzene rings is 1. The number of likely N-dealkylation sites (N-methyl/N-ethyl adjacent to an activating group) is 1. The molecule has 0 saturated heterocycles. The summed E-state index contributed by atoms with van der Waals surface area (Å²) in [5.41, 5.74) is 1.58. The second kappa shape index (κ2) is 14.1. The summed E-state index contributed by atoms with van der Waals surface area (Å²) in [6.07, 6.45) is -0.344. The molecule has 1 amide bonds. The summed E-state index contributed by atoms with van der Waals surface area (Å²) in [5.74, 6) is -2.08. The van der Waals surface area contributed by atoms with Gasteiger partial charge in [-0.15, -0.1) is 23.2 Å². The molecule has 0 bridgehead atoms. The van der Waals surface area contributed by atoms with E-state index < -0.39 is 36.4 Å². The SMILES string of the molecule is CCN(CC)[C@@H](CC(=O)O)C(=O)N[C@@H](Cc1cccc(N(CCCl)CCCl)c1)C(=O)O. The summed E-state index contributed by atoms with van der Waals surface area (Å²) in [7, 11) is 0. The van der Waals surface area contributed by atoms with Gasteiger partial charge in [0.15, 0.2) is 0 Å². The minimum absolute atomic E-state index is 0.0581. The van der Waals surface area contributed by atoms with Crippen molar-refractivity contribution in [2.45, 2.75) is 38.8 Å². The molecule has 10 heteroatoms. The Kier molecular flexibility index (Phi) is 12.3. The van der Waals surface area contributed by atoms with Crippen molar-refractivity contribution < 1.29 is 24.6 Å².